The second-order valence-corrected chi connectivity index (χ2v) is 7.40. The zero-order chi connectivity index (χ0) is 19.2. The fraction of sp³-hybridized carbons (Fsp3) is 0.333. The number of hydrogen-bond donors (Lipinski definition) is 0. The molecule has 1 saturated heterocycles. The molecule has 3 aromatic rings. The van der Waals surface area contributed by atoms with Gasteiger partial charge in [-0.1, -0.05) is 42.5 Å². The van der Waals surface area contributed by atoms with E-state index in [1.54, 1.807) is 13.3 Å². The van der Waals surface area contributed by atoms with Crippen LogP contribution in [0.2, 0.25) is 0 Å². The maximum absolute atomic E-state index is 5.40. The van der Waals surface area contributed by atoms with Gasteiger partial charge in [-0.15, -0.1) is 0 Å². The highest BCUT2D eigenvalue weighted by Gasteiger charge is 2.25. The van der Waals surface area contributed by atoms with Crippen molar-refractivity contribution in [1.29, 1.82) is 0 Å². The van der Waals surface area contributed by atoms with Gasteiger partial charge in [-0.25, -0.2) is 0 Å². The van der Waals surface area contributed by atoms with Crippen LogP contribution >= 0.6 is 0 Å². The van der Waals surface area contributed by atoms with Crippen molar-refractivity contribution in [2.75, 3.05) is 26.7 Å². The maximum Gasteiger partial charge on any atom is 0.119 e. The van der Waals surface area contributed by atoms with E-state index in [-0.39, 0.29) is 0 Å². The molecule has 0 saturated carbocycles. The first-order valence-electron chi connectivity index (χ1n) is 10.0. The lowest BCUT2D eigenvalue weighted by Crippen LogP contribution is -2.36. The van der Waals surface area contributed by atoms with Gasteiger partial charge in [-0.2, -0.15) is 0 Å². The van der Waals surface area contributed by atoms with Crippen molar-refractivity contribution in [3.8, 4) is 17.0 Å². The SMILES string of the molecule is COc1cccc(-c2nccnc2[C@@H]2CCCN(CCc3ccccc3)C2)c1. The quantitative estimate of drug-likeness (QED) is 0.634. The highest BCUT2D eigenvalue weighted by atomic mass is 16.5. The van der Waals surface area contributed by atoms with Crippen LogP contribution in [-0.2, 0) is 6.42 Å². The van der Waals surface area contributed by atoms with Crippen molar-refractivity contribution in [1.82, 2.24) is 14.9 Å². The highest BCUT2D eigenvalue weighted by molar-refractivity contribution is 5.64. The molecule has 4 heteroatoms. The van der Waals surface area contributed by atoms with Crippen molar-refractivity contribution in [2.45, 2.75) is 25.2 Å². The molecule has 0 radical (unpaired) electrons. The molecule has 0 amide bonds. The molecule has 4 rings (SSSR count). The van der Waals surface area contributed by atoms with E-state index < -0.39 is 0 Å². The lowest BCUT2D eigenvalue weighted by Gasteiger charge is -2.33. The summed E-state index contributed by atoms with van der Waals surface area (Å²) in [6.45, 7) is 3.30. The molecule has 0 N–H and O–H groups in total. The van der Waals surface area contributed by atoms with E-state index >= 15 is 0 Å². The average molecular weight is 374 g/mol. The standard InChI is InChI=1S/C24H27N3O/c1-28-22-11-5-9-20(17-22)23-24(26-14-13-25-23)21-10-6-15-27(18-21)16-12-19-7-3-2-4-8-19/h2-5,7-9,11,13-14,17,21H,6,10,12,15-16,18H2,1H3/t21-/m1/s1. The monoisotopic (exact) mass is 373 g/mol. The van der Waals surface area contributed by atoms with Crippen LogP contribution in [0.4, 0.5) is 0 Å². The van der Waals surface area contributed by atoms with Gasteiger partial charge in [0.15, 0.2) is 0 Å². The summed E-state index contributed by atoms with van der Waals surface area (Å²) in [6.07, 6.45) is 7.07. The van der Waals surface area contributed by atoms with Gasteiger partial charge in [0.25, 0.3) is 0 Å². The Labute approximate surface area is 167 Å². The molecular weight excluding hydrogens is 346 g/mol. The lowest BCUT2D eigenvalue weighted by atomic mass is 9.91. The van der Waals surface area contributed by atoms with Gasteiger partial charge in [0.1, 0.15) is 5.75 Å². The first-order valence-corrected chi connectivity index (χ1v) is 10.0. The van der Waals surface area contributed by atoms with Crippen molar-refractivity contribution < 1.29 is 4.74 Å². The summed E-state index contributed by atoms with van der Waals surface area (Å²) in [5.41, 5.74) is 4.57. The summed E-state index contributed by atoms with van der Waals surface area (Å²) >= 11 is 0. The molecule has 1 aromatic heterocycles. The highest BCUT2D eigenvalue weighted by Crippen LogP contribution is 2.32. The molecule has 0 bridgehead atoms. The number of hydrogen-bond acceptors (Lipinski definition) is 4. The van der Waals surface area contributed by atoms with E-state index in [0.29, 0.717) is 5.92 Å². The maximum atomic E-state index is 5.40. The third kappa shape index (κ3) is 4.39. The Morgan fingerprint density at radius 1 is 1.04 bits per heavy atom. The van der Waals surface area contributed by atoms with Crippen LogP contribution in [0.15, 0.2) is 67.0 Å². The van der Waals surface area contributed by atoms with E-state index in [1.165, 1.54) is 12.0 Å². The fourth-order valence-electron chi connectivity index (χ4n) is 4.05. The number of piperidine rings is 1. The second-order valence-electron chi connectivity index (χ2n) is 7.40. The van der Waals surface area contributed by atoms with E-state index in [4.69, 9.17) is 9.72 Å². The molecule has 144 valence electrons. The minimum absolute atomic E-state index is 0.416. The number of ether oxygens (including phenoxy) is 1. The van der Waals surface area contributed by atoms with E-state index in [9.17, 15) is 0 Å². The Hall–Kier alpha value is -2.72. The van der Waals surface area contributed by atoms with Gasteiger partial charge in [0.2, 0.25) is 0 Å². The molecule has 0 spiro atoms. The fourth-order valence-corrected chi connectivity index (χ4v) is 4.05. The molecule has 1 fully saturated rings. The van der Waals surface area contributed by atoms with Gasteiger partial charge in [0, 0.05) is 37.0 Å². The summed E-state index contributed by atoms with van der Waals surface area (Å²) in [5, 5.41) is 0. The van der Waals surface area contributed by atoms with Crippen LogP contribution in [0.5, 0.6) is 5.75 Å². The number of likely N-dealkylation sites (tertiary alicyclic amines) is 1. The minimum Gasteiger partial charge on any atom is -0.497 e. The number of rotatable bonds is 6. The molecule has 1 aliphatic heterocycles. The Kier molecular flexibility index (Phi) is 5.98. The average Bonchev–Trinajstić information content (AvgIpc) is 2.78. The van der Waals surface area contributed by atoms with Gasteiger partial charge < -0.3 is 9.64 Å². The smallest absolute Gasteiger partial charge is 0.119 e. The third-order valence-corrected chi connectivity index (χ3v) is 5.52. The van der Waals surface area contributed by atoms with Gasteiger partial charge in [-0.3, -0.25) is 9.97 Å². The predicted octanol–water partition coefficient (Wildman–Crippen LogP) is 4.57. The van der Waals surface area contributed by atoms with Crippen LogP contribution in [0.3, 0.4) is 0 Å². The summed E-state index contributed by atoms with van der Waals surface area (Å²) in [6, 6.07) is 18.9. The van der Waals surface area contributed by atoms with Crippen LogP contribution in [0.1, 0.15) is 30.0 Å². The zero-order valence-corrected chi connectivity index (χ0v) is 16.4. The van der Waals surface area contributed by atoms with Gasteiger partial charge in [0.05, 0.1) is 18.5 Å². The van der Waals surface area contributed by atoms with Crippen LogP contribution < -0.4 is 4.74 Å². The van der Waals surface area contributed by atoms with Crippen molar-refractivity contribution in [2.24, 2.45) is 0 Å². The molecule has 1 aliphatic rings. The first kappa shape index (κ1) is 18.6. The first-order chi connectivity index (χ1) is 13.8. The molecular formula is C24H27N3O. The van der Waals surface area contributed by atoms with Crippen LogP contribution in [-0.4, -0.2) is 41.6 Å². The Balaban J connectivity index is 1.50. The van der Waals surface area contributed by atoms with E-state index in [1.807, 2.05) is 24.4 Å². The molecule has 28 heavy (non-hydrogen) atoms. The lowest BCUT2D eigenvalue weighted by molar-refractivity contribution is 0.208. The summed E-state index contributed by atoms with van der Waals surface area (Å²) in [7, 11) is 1.70. The predicted molar refractivity (Wildman–Crippen MR) is 113 cm³/mol. The van der Waals surface area contributed by atoms with Crippen LogP contribution in [0.25, 0.3) is 11.3 Å². The topological polar surface area (TPSA) is 38.3 Å². The normalized spacial score (nSPS) is 17.4. The van der Waals surface area contributed by atoms with Crippen molar-refractivity contribution in [3.63, 3.8) is 0 Å². The summed E-state index contributed by atoms with van der Waals surface area (Å²) < 4.78 is 5.40. The molecule has 4 nitrogen and oxygen atoms in total. The van der Waals surface area contributed by atoms with Crippen molar-refractivity contribution >= 4 is 0 Å². The van der Waals surface area contributed by atoms with E-state index in [2.05, 4.69) is 46.3 Å². The molecule has 1 atom stereocenters. The third-order valence-electron chi connectivity index (χ3n) is 5.52. The van der Waals surface area contributed by atoms with Crippen molar-refractivity contribution in [3.05, 3.63) is 78.2 Å². The summed E-state index contributed by atoms with van der Waals surface area (Å²) in [4.78, 5) is 12.0. The Bertz CT molecular complexity index is 897. The number of benzene rings is 2. The molecule has 2 aromatic carbocycles. The summed E-state index contributed by atoms with van der Waals surface area (Å²) in [5.74, 6) is 1.27. The van der Waals surface area contributed by atoms with Crippen LogP contribution in [0, 0.1) is 0 Å². The molecule has 0 unspecified atom stereocenters. The van der Waals surface area contributed by atoms with Gasteiger partial charge in [-0.05, 0) is 43.5 Å². The Morgan fingerprint density at radius 3 is 2.75 bits per heavy atom. The number of aromatic nitrogens is 2. The minimum atomic E-state index is 0.416. The molecule has 2 heterocycles. The number of methoxy groups -OCH3 is 1. The number of nitrogens with zero attached hydrogens (tertiary/aromatic N) is 3. The largest absolute Gasteiger partial charge is 0.497 e. The van der Waals surface area contributed by atoms with Gasteiger partial charge >= 0.3 is 0 Å². The Morgan fingerprint density at radius 2 is 1.89 bits per heavy atom. The van der Waals surface area contributed by atoms with E-state index in [0.717, 1.165) is 55.2 Å². The zero-order valence-electron chi connectivity index (χ0n) is 16.4. The second kappa shape index (κ2) is 8.98. The molecule has 0 aliphatic carbocycles.